The average molecular weight is 793 g/mol. The van der Waals surface area contributed by atoms with Crippen LogP contribution in [0.4, 0.5) is 0 Å². The van der Waals surface area contributed by atoms with Gasteiger partial charge in [-0.25, -0.2) is 15.0 Å². The first-order valence-electron chi connectivity index (χ1n) is 20.9. The van der Waals surface area contributed by atoms with Crippen LogP contribution in [0.15, 0.2) is 223 Å². The summed E-state index contributed by atoms with van der Waals surface area (Å²) in [4.78, 5) is 15.8. The van der Waals surface area contributed by atoms with Crippen LogP contribution in [0.3, 0.4) is 0 Å². The lowest BCUT2D eigenvalue weighted by Gasteiger charge is -2.15. The van der Waals surface area contributed by atoms with Crippen LogP contribution >= 0.6 is 0 Å². The zero-order chi connectivity index (χ0) is 41.0. The molecule has 3 heterocycles. The van der Waals surface area contributed by atoms with Crippen LogP contribution in [0.25, 0.3) is 117 Å². The molecule has 0 N–H and O–H groups in total. The van der Waals surface area contributed by atoms with Crippen molar-refractivity contribution >= 4 is 43.7 Å². The van der Waals surface area contributed by atoms with E-state index in [9.17, 15) is 0 Å². The largest absolute Gasteiger partial charge is 0.456 e. The maximum atomic E-state index is 6.73. The molecular formula is C57H36N4O. The van der Waals surface area contributed by atoms with Gasteiger partial charge in [0, 0.05) is 43.8 Å². The molecule has 0 saturated heterocycles. The van der Waals surface area contributed by atoms with Crippen LogP contribution in [0.2, 0.25) is 0 Å². The number of para-hydroxylation sites is 3. The van der Waals surface area contributed by atoms with E-state index in [1.54, 1.807) is 0 Å². The van der Waals surface area contributed by atoms with Gasteiger partial charge < -0.3 is 8.98 Å². The van der Waals surface area contributed by atoms with Crippen LogP contribution in [-0.4, -0.2) is 19.5 Å². The number of rotatable bonds is 7. The molecule has 0 saturated carbocycles. The Morgan fingerprint density at radius 2 is 0.742 bits per heavy atom. The Morgan fingerprint density at radius 1 is 0.306 bits per heavy atom. The van der Waals surface area contributed by atoms with Gasteiger partial charge in [0.2, 0.25) is 0 Å². The smallest absolute Gasteiger partial charge is 0.164 e. The highest BCUT2D eigenvalue weighted by atomic mass is 16.3. The fraction of sp³-hybridized carbons (Fsp3) is 0. The highest BCUT2D eigenvalue weighted by Gasteiger charge is 2.23. The van der Waals surface area contributed by atoms with Crippen LogP contribution in [0, 0.1) is 0 Å². The summed E-state index contributed by atoms with van der Waals surface area (Å²) >= 11 is 0. The van der Waals surface area contributed by atoms with E-state index in [0.717, 1.165) is 88.7 Å². The molecule has 0 unspecified atom stereocenters. The number of aromatic nitrogens is 4. The molecular weight excluding hydrogens is 757 g/mol. The molecule has 5 heteroatoms. The molecule has 12 aromatic rings. The molecule has 0 aliphatic carbocycles. The highest BCUT2D eigenvalue weighted by Crippen LogP contribution is 2.44. The molecule has 290 valence electrons. The summed E-state index contributed by atoms with van der Waals surface area (Å²) in [5.74, 6) is 1.75. The fourth-order valence-electron chi connectivity index (χ4n) is 9.05. The number of benzene rings is 9. The van der Waals surface area contributed by atoms with E-state index in [4.69, 9.17) is 19.4 Å². The predicted molar refractivity (Wildman–Crippen MR) is 254 cm³/mol. The van der Waals surface area contributed by atoms with Gasteiger partial charge in [-0.15, -0.1) is 0 Å². The van der Waals surface area contributed by atoms with Gasteiger partial charge in [0.1, 0.15) is 11.2 Å². The number of nitrogens with zero attached hydrogens (tertiary/aromatic N) is 4. The van der Waals surface area contributed by atoms with Gasteiger partial charge in [-0.2, -0.15) is 0 Å². The van der Waals surface area contributed by atoms with Gasteiger partial charge in [0.25, 0.3) is 0 Å². The SMILES string of the molecule is c1ccc(-c2cc(-c3ccccc3)cc(-c3nc(-c4ccccc4)nc(-c4cccc5oc6cccc(-c7ccccc7-n7c8ccccc8c8ccccc87)c6c45)n3)c2)cc1. The van der Waals surface area contributed by atoms with Crippen molar-refractivity contribution in [1.82, 2.24) is 19.5 Å². The van der Waals surface area contributed by atoms with Crippen molar-refractivity contribution in [3.8, 4) is 73.2 Å². The third kappa shape index (κ3) is 5.98. The van der Waals surface area contributed by atoms with E-state index in [1.165, 1.54) is 10.8 Å². The minimum Gasteiger partial charge on any atom is -0.456 e. The van der Waals surface area contributed by atoms with Gasteiger partial charge in [-0.3, -0.25) is 0 Å². The third-order valence-electron chi connectivity index (χ3n) is 11.9. The predicted octanol–water partition coefficient (Wildman–Crippen LogP) is 14.9. The number of hydrogen-bond acceptors (Lipinski definition) is 4. The van der Waals surface area contributed by atoms with Crippen LogP contribution in [0.1, 0.15) is 0 Å². The minimum absolute atomic E-state index is 0.569. The first kappa shape index (κ1) is 35.5. The Morgan fingerprint density at radius 3 is 1.35 bits per heavy atom. The summed E-state index contributed by atoms with van der Waals surface area (Å²) < 4.78 is 9.12. The van der Waals surface area contributed by atoms with Crippen molar-refractivity contribution in [2.75, 3.05) is 0 Å². The molecule has 0 bridgehead atoms. The van der Waals surface area contributed by atoms with Crippen molar-refractivity contribution < 1.29 is 4.42 Å². The lowest BCUT2D eigenvalue weighted by molar-refractivity contribution is 0.669. The maximum absolute atomic E-state index is 6.73. The molecule has 3 aromatic heterocycles. The summed E-state index contributed by atoms with van der Waals surface area (Å²) in [7, 11) is 0. The highest BCUT2D eigenvalue weighted by molar-refractivity contribution is 6.18. The first-order chi connectivity index (χ1) is 30.7. The summed E-state index contributed by atoms with van der Waals surface area (Å²) in [6.07, 6.45) is 0. The lowest BCUT2D eigenvalue weighted by Crippen LogP contribution is -2.01. The Bertz CT molecular complexity index is 3520. The standard InChI is InChI=1S/C57H36N4O/c1-4-18-37(19-5-1)40-34-41(38-20-6-2-7-21-38)36-42(35-40)56-58-55(39-22-8-3-9-23-39)59-57(60-56)47-28-17-33-52-54(47)53-46(27-16-32-51(53)62-52)45-26-12-15-31-50(45)61-48-29-13-10-24-43(48)44-25-11-14-30-49(44)61/h1-36H. The molecule has 0 spiro atoms. The number of hydrogen-bond donors (Lipinski definition) is 0. The van der Waals surface area contributed by atoms with Gasteiger partial charge in [-0.1, -0.05) is 170 Å². The third-order valence-corrected chi connectivity index (χ3v) is 11.9. The summed E-state index contributed by atoms with van der Waals surface area (Å²) in [6.45, 7) is 0. The van der Waals surface area contributed by atoms with Crippen molar-refractivity contribution in [3.05, 3.63) is 218 Å². The van der Waals surface area contributed by atoms with Gasteiger partial charge in [-0.05, 0) is 76.3 Å². The van der Waals surface area contributed by atoms with Crippen molar-refractivity contribution in [1.29, 1.82) is 0 Å². The van der Waals surface area contributed by atoms with Crippen molar-refractivity contribution in [2.45, 2.75) is 0 Å². The molecule has 9 aromatic carbocycles. The fourth-order valence-corrected chi connectivity index (χ4v) is 9.05. The van der Waals surface area contributed by atoms with E-state index in [1.807, 2.05) is 42.5 Å². The van der Waals surface area contributed by atoms with Crippen LogP contribution in [0.5, 0.6) is 0 Å². The number of furan rings is 1. The van der Waals surface area contributed by atoms with Gasteiger partial charge in [0.05, 0.1) is 16.7 Å². The van der Waals surface area contributed by atoms with E-state index >= 15 is 0 Å². The van der Waals surface area contributed by atoms with Crippen molar-refractivity contribution in [2.24, 2.45) is 0 Å². The zero-order valence-electron chi connectivity index (χ0n) is 33.5. The maximum Gasteiger partial charge on any atom is 0.164 e. The summed E-state index contributed by atoms with van der Waals surface area (Å²) in [5, 5.41) is 4.40. The van der Waals surface area contributed by atoms with Gasteiger partial charge >= 0.3 is 0 Å². The monoisotopic (exact) mass is 792 g/mol. The molecule has 0 atom stereocenters. The molecule has 0 aliphatic rings. The minimum atomic E-state index is 0.569. The second kappa shape index (κ2) is 14.7. The van der Waals surface area contributed by atoms with Crippen LogP contribution < -0.4 is 0 Å². The quantitative estimate of drug-likeness (QED) is 0.161. The Hall–Kier alpha value is -8.41. The Kier molecular flexibility index (Phi) is 8.42. The molecule has 62 heavy (non-hydrogen) atoms. The zero-order valence-corrected chi connectivity index (χ0v) is 33.5. The van der Waals surface area contributed by atoms with Crippen molar-refractivity contribution in [3.63, 3.8) is 0 Å². The Labute approximate surface area is 357 Å². The molecule has 0 fully saturated rings. The number of fused-ring (bicyclic) bond motifs is 6. The molecule has 5 nitrogen and oxygen atoms in total. The van der Waals surface area contributed by atoms with Gasteiger partial charge in [0.15, 0.2) is 17.5 Å². The second-order valence-corrected chi connectivity index (χ2v) is 15.5. The van der Waals surface area contributed by atoms with E-state index in [2.05, 4.69) is 180 Å². The second-order valence-electron chi connectivity index (χ2n) is 15.5. The topological polar surface area (TPSA) is 56.7 Å². The van der Waals surface area contributed by atoms with E-state index in [0.29, 0.717) is 17.5 Å². The molecule has 0 aliphatic heterocycles. The van der Waals surface area contributed by atoms with E-state index in [-0.39, 0.29) is 0 Å². The average Bonchev–Trinajstić information content (AvgIpc) is 3.91. The molecule has 12 rings (SSSR count). The molecule has 0 radical (unpaired) electrons. The molecule has 0 amide bonds. The normalized spacial score (nSPS) is 11.5. The summed E-state index contributed by atoms with van der Waals surface area (Å²) in [6, 6.07) is 76.2. The first-order valence-corrected chi connectivity index (χ1v) is 20.9. The summed E-state index contributed by atoms with van der Waals surface area (Å²) in [5.41, 5.74) is 14.2. The van der Waals surface area contributed by atoms with E-state index < -0.39 is 0 Å². The lowest BCUT2D eigenvalue weighted by atomic mass is 9.95. The van der Waals surface area contributed by atoms with Crippen LogP contribution in [-0.2, 0) is 0 Å². The Balaban J connectivity index is 1.11.